The largest absolute Gasteiger partial charge is 0.496 e. The molecule has 0 saturated heterocycles. The van der Waals surface area contributed by atoms with Crippen molar-refractivity contribution in [2.45, 2.75) is 0 Å². The van der Waals surface area contributed by atoms with Gasteiger partial charge in [-0.05, 0) is 24.6 Å². The van der Waals surface area contributed by atoms with Gasteiger partial charge in [-0.2, -0.15) is 0 Å². The van der Waals surface area contributed by atoms with E-state index in [4.69, 9.17) is 9.84 Å². The van der Waals surface area contributed by atoms with E-state index in [0.717, 1.165) is 5.56 Å². The Morgan fingerprint density at radius 2 is 2.25 bits per heavy atom. The zero-order valence-corrected chi connectivity index (χ0v) is 6.70. The molecule has 1 radical (unpaired) electrons. The third-order valence-electron chi connectivity index (χ3n) is 1.50. The first-order valence-electron chi connectivity index (χ1n) is 3.38. The molecular weight excluding hydrogens is 156 g/mol. The van der Waals surface area contributed by atoms with Crippen molar-refractivity contribution >= 4 is 5.97 Å². The normalized spacial score (nSPS) is 9.50. The Morgan fingerprint density at radius 1 is 1.58 bits per heavy atom. The average molecular weight is 165 g/mol. The molecule has 1 aromatic rings. The van der Waals surface area contributed by atoms with E-state index in [9.17, 15) is 4.79 Å². The molecule has 0 unspecified atom stereocenters. The van der Waals surface area contributed by atoms with Crippen molar-refractivity contribution in [3.63, 3.8) is 0 Å². The first-order chi connectivity index (χ1) is 5.65. The lowest BCUT2D eigenvalue weighted by atomic mass is 10.1. The molecule has 63 valence electrons. The summed E-state index contributed by atoms with van der Waals surface area (Å²) in [7, 11) is 1.43. The number of rotatable bonds is 2. The topological polar surface area (TPSA) is 46.5 Å². The zero-order chi connectivity index (χ0) is 9.14. The van der Waals surface area contributed by atoms with Crippen molar-refractivity contribution in [3.05, 3.63) is 36.2 Å². The molecule has 1 rings (SSSR count). The number of carboxylic acids is 1. The smallest absolute Gasteiger partial charge is 0.339 e. The van der Waals surface area contributed by atoms with Crippen LogP contribution in [0.4, 0.5) is 0 Å². The fourth-order valence-corrected chi connectivity index (χ4v) is 0.912. The predicted octanol–water partition coefficient (Wildman–Crippen LogP) is 1.58. The van der Waals surface area contributed by atoms with Crippen LogP contribution in [0.25, 0.3) is 0 Å². The third-order valence-corrected chi connectivity index (χ3v) is 1.50. The molecule has 0 atom stereocenters. The van der Waals surface area contributed by atoms with Crippen molar-refractivity contribution in [1.82, 2.24) is 0 Å². The van der Waals surface area contributed by atoms with E-state index < -0.39 is 5.97 Å². The first kappa shape index (κ1) is 8.59. The van der Waals surface area contributed by atoms with Crippen molar-refractivity contribution < 1.29 is 14.6 Å². The van der Waals surface area contributed by atoms with Crippen molar-refractivity contribution in [2.24, 2.45) is 0 Å². The van der Waals surface area contributed by atoms with E-state index in [-0.39, 0.29) is 5.56 Å². The fourth-order valence-electron chi connectivity index (χ4n) is 0.912. The third kappa shape index (κ3) is 1.56. The molecule has 1 N–H and O–H groups in total. The van der Waals surface area contributed by atoms with Crippen LogP contribution in [0.1, 0.15) is 15.9 Å². The van der Waals surface area contributed by atoms with Gasteiger partial charge >= 0.3 is 5.97 Å². The highest BCUT2D eigenvalue weighted by Crippen LogP contribution is 2.19. The van der Waals surface area contributed by atoms with Crippen LogP contribution >= 0.6 is 0 Å². The molecule has 0 heterocycles. The maximum Gasteiger partial charge on any atom is 0.339 e. The minimum absolute atomic E-state index is 0.157. The van der Waals surface area contributed by atoms with Crippen LogP contribution in [0.2, 0.25) is 0 Å². The number of ether oxygens (including phenoxy) is 1. The zero-order valence-electron chi connectivity index (χ0n) is 6.70. The lowest BCUT2D eigenvalue weighted by molar-refractivity contribution is 0.0693. The molecule has 0 aliphatic carbocycles. The Kier molecular flexibility index (Phi) is 2.33. The van der Waals surface area contributed by atoms with Gasteiger partial charge in [0, 0.05) is 0 Å². The Balaban J connectivity index is 3.20. The lowest BCUT2D eigenvalue weighted by Crippen LogP contribution is -2.00. The summed E-state index contributed by atoms with van der Waals surface area (Å²) >= 11 is 0. The fraction of sp³-hybridized carbons (Fsp3) is 0.111. The highest BCUT2D eigenvalue weighted by Gasteiger charge is 2.09. The quantitative estimate of drug-likeness (QED) is 0.723. The summed E-state index contributed by atoms with van der Waals surface area (Å²) in [5.41, 5.74) is 0.891. The van der Waals surface area contributed by atoms with Crippen LogP contribution in [0.3, 0.4) is 0 Å². The second-order valence-corrected chi connectivity index (χ2v) is 2.34. The molecule has 0 bridgehead atoms. The summed E-state index contributed by atoms with van der Waals surface area (Å²) in [5, 5.41) is 8.69. The molecule has 3 nitrogen and oxygen atoms in total. The molecule has 12 heavy (non-hydrogen) atoms. The summed E-state index contributed by atoms with van der Waals surface area (Å²) in [6.45, 7) is 3.66. The van der Waals surface area contributed by atoms with Crippen molar-refractivity contribution in [2.75, 3.05) is 7.11 Å². The van der Waals surface area contributed by atoms with Gasteiger partial charge in [-0.25, -0.2) is 4.79 Å². The van der Waals surface area contributed by atoms with Gasteiger partial charge in [-0.1, -0.05) is 6.07 Å². The Bertz CT molecular complexity index is 305. The van der Waals surface area contributed by atoms with Crippen LogP contribution in [-0.4, -0.2) is 18.2 Å². The number of benzene rings is 1. The first-order valence-corrected chi connectivity index (χ1v) is 3.38. The standard InChI is InChI=1S/C9H9O3/c1-6-3-4-7(9(10)11)8(5-6)12-2/h3-5H,1H2,2H3,(H,10,11). The van der Waals surface area contributed by atoms with E-state index in [1.54, 1.807) is 12.1 Å². The Hall–Kier alpha value is -1.51. The maximum absolute atomic E-state index is 10.6. The van der Waals surface area contributed by atoms with Gasteiger partial charge in [0.2, 0.25) is 0 Å². The van der Waals surface area contributed by atoms with Gasteiger partial charge in [-0.15, -0.1) is 0 Å². The minimum Gasteiger partial charge on any atom is -0.496 e. The molecule has 0 aliphatic rings. The minimum atomic E-state index is -0.994. The summed E-state index contributed by atoms with van der Waals surface area (Å²) in [4.78, 5) is 10.6. The SMILES string of the molecule is [CH2]c1ccc(C(=O)O)c(OC)c1. The second-order valence-electron chi connectivity index (χ2n) is 2.34. The monoisotopic (exact) mass is 165 g/mol. The summed E-state index contributed by atoms with van der Waals surface area (Å²) < 4.78 is 4.87. The van der Waals surface area contributed by atoms with Crippen molar-refractivity contribution in [3.8, 4) is 5.75 Å². The van der Waals surface area contributed by atoms with E-state index in [2.05, 4.69) is 6.92 Å². The molecule has 0 aromatic heterocycles. The molecular formula is C9H9O3. The van der Waals surface area contributed by atoms with Crippen LogP contribution in [0.15, 0.2) is 18.2 Å². The van der Waals surface area contributed by atoms with E-state index in [1.807, 2.05) is 0 Å². The summed E-state index contributed by atoms with van der Waals surface area (Å²) in [5.74, 6) is -0.651. The number of hydrogen-bond donors (Lipinski definition) is 1. The van der Waals surface area contributed by atoms with Gasteiger partial charge < -0.3 is 9.84 Å². The van der Waals surface area contributed by atoms with Gasteiger partial charge in [0.1, 0.15) is 11.3 Å². The van der Waals surface area contributed by atoms with E-state index in [1.165, 1.54) is 13.2 Å². The van der Waals surface area contributed by atoms with Gasteiger partial charge in [0.25, 0.3) is 0 Å². The number of aromatic carboxylic acids is 1. The van der Waals surface area contributed by atoms with Crippen LogP contribution in [0, 0.1) is 6.92 Å². The Morgan fingerprint density at radius 3 is 2.75 bits per heavy atom. The summed E-state index contributed by atoms with van der Waals surface area (Å²) in [6, 6.07) is 4.69. The highest BCUT2D eigenvalue weighted by molar-refractivity contribution is 5.91. The average Bonchev–Trinajstić information content (AvgIpc) is 2.03. The lowest BCUT2D eigenvalue weighted by Gasteiger charge is -2.04. The molecule has 1 aromatic carbocycles. The van der Waals surface area contributed by atoms with E-state index >= 15 is 0 Å². The molecule has 3 heteroatoms. The number of hydrogen-bond acceptors (Lipinski definition) is 2. The number of methoxy groups -OCH3 is 1. The van der Waals surface area contributed by atoms with Gasteiger partial charge in [-0.3, -0.25) is 0 Å². The second kappa shape index (κ2) is 3.26. The van der Waals surface area contributed by atoms with Crippen LogP contribution in [0.5, 0.6) is 5.75 Å². The molecule has 0 amide bonds. The van der Waals surface area contributed by atoms with Crippen LogP contribution < -0.4 is 4.74 Å². The molecule has 0 saturated carbocycles. The number of carbonyl (C=O) groups is 1. The molecule has 0 fully saturated rings. The van der Waals surface area contributed by atoms with Crippen LogP contribution in [-0.2, 0) is 0 Å². The number of carboxylic acid groups (broad SMARTS) is 1. The van der Waals surface area contributed by atoms with E-state index in [0.29, 0.717) is 5.75 Å². The molecule has 0 spiro atoms. The summed E-state index contributed by atoms with van der Waals surface area (Å²) in [6.07, 6.45) is 0. The highest BCUT2D eigenvalue weighted by atomic mass is 16.5. The van der Waals surface area contributed by atoms with Crippen molar-refractivity contribution in [1.29, 1.82) is 0 Å². The van der Waals surface area contributed by atoms with Gasteiger partial charge in [0.15, 0.2) is 0 Å². The predicted molar refractivity (Wildman–Crippen MR) is 44.4 cm³/mol. The Labute approximate surface area is 70.6 Å². The molecule has 0 aliphatic heterocycles. The maximum atomic E-state index is 10.6. The van der Waals surface area contributed by atoms with Gasteiger partial charge in [0.05, 0.1) is 7.11 Å².